The number of hydrogen-bond donors (Lipinski definition) is 1. The molecular formula is C20H16NP. The highest BCUT2D eigenvalue weighted by molar-refractivity contribution is 7.28. The molecule has 22 heavy (non-hydrogen) atoms. The maximum absolute atomic E-state index is 6.37. The Morgan fingerprint density at radius 1 is 0.591 bits per heavy atom. The third kappa shape index (κ3) is 1.98. The summed E-state index contributed by atoms with van der Waals surface area (Å²) in [4.78, 5) is 0. The number of fused-ring (bicyclic) bond motifs is 2. The third-order valence-electron chi connectivity index (χ3n) is 4.17. The Morgan fingerprint density at radius 2 is 1.14 bits per heavy atom. The second kappa shape index (κ2) is 5.12. The van der Waals surface area contributed by atoms with Gasteiger partial charge in [0.25, 0.3) is 0 Å². The zero-order valence-corrected chi connectivity index (χ0v) is 13.2. The van der Waals surface area contributed by atoms with Gasteiger partial charge in [0.2, 0.25) is 0 Å². The average Bonchev–Trinajstić information content (AvgIpc) is 2.56. The molecule has 0 saturated heterocycles. The Morgan fingerprint density at radius 3 is 1.82 bits per heavy atom. The van der Waals surface area contributed by atoms with E-state index in [9.17, 15) is 0 Å². The van der Waals surface area contributed by atoms with Crippen LogP contribution in [0.5, 0.6) is 0 Å². The lowest BCUT2D eigenvalue weighted by Crippen LogP contribution is -2.01. The van der Waals surface area contributed by atoms with Crippen molar-refractivity contribution in [3.63, 3.8) is 0 Å². The maximum atomic E-state index is 6.37. The van der Waals surface area contributed by atoms with Crippen LogP contribution < -0.4 is 11.0 Å². The number of nitrogen functional groups attached to an aromatic ring is 1. The topological polar surface area (TPSA) is 26.0 Å². The molecule has 1 atom stereocenters. The van der Waals surface area contributed by atoms with Crippen molar-refractivity contribution in [1.82, 2.24) is 0 Å². The Hall–Kier alpha value is -2.37. The first kappa shape index (κ1) is 13.3. The van der Waals surface area contributed by atoms with Crippen molar-refractivity contribution in [1.29, 1.82) is 0 Å². The smallest absolute Gasteiger partial charge is 0.0400 e. The molecule has 2 heteroatoms. The van der Waals surface area contributed by atoms with Crippen molar-refractivity contribution >= 4 is 41.8 Å². The summed E-state index contributed by atoms with van der Waals surface area (Å²) in [7, 11) is 2.85. The number of anilines is 1. The van der Waals surface area contributed by atoms with Crippen molar-refractivity contribution in [3.05, 3.63) is 72.8 Å². The van der Waals surface area contributed by atoms with Gasteiger partial charge in [0.15, 0.2) is 0 Å². The molecule has 0 heterocycles. The highest BCUT2D eigenvalue weighted by atomic mass is 31.0. The van der Waals surface area contributed by atoms with Crippen LogP contribution in [-0.4, -0.2) is 0 Å². The molecule has 0 aliphatic carbocycles. The maximum Gasteiger partial charge on any atom is 0.0400 e. The van der Waals surface area contributed by atoms with E-state index >= 15 is 0 Å². The fourth-order valence-electron chi connectivity index (χ4n) is 3.13. The molecule has 0 spiro atoms. The summed E-state index contributed by atoms with van der Waals surface area (Å²) in [6.07, 6.45) is 0. The van der Waals surface area contributed by atoms with Crippen LogP contribution in [-0.2, 0) is 0 Å². The van der Waals surface area contributed by atoms with Crippen molar-refractivity contribution in [3.8, 4) is 11.1 Å². The molecule has 2 N–H and O–H groups in total. The van der Waals surface area contributed by atoms with Crippen LogP contribution in [0.15, 0.2) is 72.8 Å². The van der Waals surface area contributed by atoms with Crippen LogP contribution >= 0.6 is 9.24 Å². The molecule has 0 aromatic heterocycles. The van der Waals surface area contributed by atoms with Crippen LogP contribution in [0.3, 0.4) is 0 Å². The fraction of sp³-hybridized carbons (Fsp3) is 0. The fourth-order valence-corrected chi connectivity index (χ4v) is 3.53. The minimum absolute atomic E-state index is 0.818. The van der Waals surface area contributed by atoms with E-state index in [1.807, 2.05) is 6.07 Å². The summed E-state index contributed by atoms with van der Waals surface area (Å²) < 4.78 is 0. The van der Waals surface area contributed by atoms with Crippen LogP contribution in [0.25, 0.3) is 32.7 Å². The second-order valence-electron chi connectivity index (χ2n) is 5.50. The van der Waals surface area contributed by atoms with Gasteiger partial charge in [-0.1, -0.05) is 66.7 Å². The van der Waals surface area contributed by atoms with Gasteiger partial charge in [0.1, 0.15) is 0 Å². The number of rotatable bonds is 1. The summed E-state index contributed by atoms with van der Waals surface area (Å²) in [5.41, 5.74) is 9.52. The summed E-state index contributed by atoms with van der Waals surface area (Å²) >= 11 is 0. The molecule has 0 fully saturated rings. The molecule has 0 bridgehead atoms. The first-order valence-electron chi connectivity index (χ1n) is 7.30. The van der Waals surface area contributed by atoms with Crippen molar-refractivity contribution < 1.29 is 0 Å². The van der Waals surface area contributed by atoms with Crippen LogP contribution in [0.4, 0.5) is 5.69 Å². The lowest BCUT2D eigenvalue weighted by Gasteiger charge is -2.15. The largest absolute Gasteiger partial charge is 0.398 e. The van der Waals surface area contributed by atoms with Crippen LogP contribution in [0.2, 0.25) is 0 Å². The Balaban J connectivity index is 2.21. The first-order valence-corrected chi connectivity index (χ1v) is 7.88. The van der Waals surface area contributed by atoms with Gasteiger partial charge in [-0.15, -0.1) is 9.24 Å². The number of nitrogens with two attached hydrogens (primary N) is 1. The van der Waals surface area contributed by atoms with Crippen molar-refractivity contribution in [2.24, 2.45) is 0 Å². The SMILES string of the molecule is Nc1ccc2ccccc2c1-c1c(P)ccc2ccccc12. The van der Waals surface area contributed by atoms with Crippen LogP contribution in [0, 0.1) is 0 Å². The normalized spacial score (nSPS) is 11.1. The molecule has 0 aliphatic heterocycles. The minimum Gasteiger partial charge on any atom is -0.398 e. The molecular weight excluding hydrogens is 285 g/mol. The summed E-state index contributed by atoms with van der Waals surface area (Å²) in [6, 6.07) is 25.3. The van der Waals surface area contributed by atoms with Gasteiger partial charge in [0.05, 0.1) is 0 Å². The molecule has 0 aliphatic rings. The molecule has 106 valence electrons. The zero-order chi connectivity index (χ0) is 15.1. The van der Waals surface area contributed by atoms with E-state index in [1.54, 1.807) is 0 Å². The Labute approximate surface area is 132 Å². The average molecular weight is 301 g/mol. The molecule has 4 aromatic rings. The summed E-state index contributed by atoms with van der Waals surface area (Å²) in [5, 5.41) is 6.04. The molecule has 0 saturated carbocycles. The molecule has 4 aromatic carbocycles. The Bertz CT molecular complexity index is 922. The van der Waals surface area contributed by atoms with E-state index < -0.39 is 0 Å². The lowest BCUT2D eigenvalue weighted by atomic mass is 9.92. The van der Waals surface area contributed by atoms with Crippen molar-refractivity contribution in [2.45, 2.75) is 0 Å². The second-order valence-corrected chi connectivity index (χ2v) is 6.12. The molecule has 1 unspecified atom stereocenters. The standard InChI is InChI=1S/C20H16NP/c21-17-11-9-13-5-1-3-7-15(13)19(17)20-16-8-4-2-6-14(16)10-12-18(20)22/h1-12H,21-22H2. The van der Waals surface area contributed by atoms with Gasteiger partial charge in [-0.3, -0.25) is 0 Å². The van der Waals surface area contributed by atoms with Crippen LogP contribution in [0.1, 0.15) is 0 Å². The van der Waals surface area contributed by atoms with E-state index in [0.717, 1.165) is 11.3 Å². The summed E-state index contributed by atoms with van der Waals surface area (Å²) in [6.45, 7) is 0. The molecule has 4 rings (SSSR count). The Kier molecular flexibility index (Phi) is 3.10. The van der Waals surface area contributed by atoms with Gasteiger partial charge in [-0.25, -0.2) is 0 Å². The molecule has 1 nitrogen and oxygen atoms in total. The zero-order valence-electron chi connectivity index (χ0n) is 12.1. The van der Waals surface area contributed by atoms with E-state index in [4.69, 9.17) is 5.73 Å². The number of hydrogen-bond acceptors (Lipinski definition) is 1. The highest BCUT2D eigenvalue weighted by Gasteiger charge is 2.13. The van der Waals surface area contributed by atoms with Gasteiger partial charge in [0, 0.05) is 11.3 Å². The van der Waals surface area contributed by atoms with Gasteiger partial charge in [-0.2, -0.15) is 0 Å². The van der Waals surface area contributed by atoms with Gasteiger partial charge in [-0.05, 0) is 38.5 Å². The van der Waals surface area contributed by atoms with E-state index in [1.165, 1.54) is 32.4 Å². The highest BCUT2D eigenvalue weighted by Crippen LogP contribution is 2.37. The summed E-state index contributed by atoms with van der Waals surface area (Å²) in [5.74, 6) is 0. The van der Waals surface area contributed by atoms with E-state index in [0.29, 0.717) is 0 Å². The first-order chi connectivity index (χ1) is 10.8. The quantitative estimate of drug-likeness (QED) is 0.399. The predicted octanol–water partition coefficient (Wildman–Crippen LogP) is 4.74. The third-order valence-corrected chi connectivity index (χ3v) is 4.65. The van der Waals surface area contributed by atoms with E-state index in [-0.39, 0.29) is 0 Å². The van der Waals surface area contributed by atoms with E-state index in [2.05, 4.69) is 76.0 Å². The van der Waals surface area contributed by atoms with Crippen molar-refractivity contribution in [2.75, 3.05) is 5.73 Å². The molecule has 0 radical (unpaired) electrons. The minimum atomic E-state index is 0.818. The van der Waals surface area contributed by atoms with Gasteiger partial charge >= 0.3 is 0 Å². The lowest BCUT2D eigenvalue weighted by molar-refractivity contribution is 1.69. The van der Waals surface area contributed by atoms with Gasteiger partial charge < -0.3 is 5.73 Å². The predicted molar refractivity (Wildman–Crippen MR) is 101 cm³/mol. The number of benzene rings is 4. The monoisotopic (exact) mass is 301 g/mol. The molecule has 0 amide bonds.